The van der Waals surface area contributed by atoms with E-state index >= 15 is 0 Å². The van der Waals surface area contributed by atoms with Crippen LogP contribution < -0.4 is 9.62 Å². The monoisotopic (exact) mass is 446 g/mol. The fraction of sp³-hybridized carbons (Fsp3) is 0.300. The maximum absolute atomic E-state index is 12.8. The number of anilines is 1. The molecule has 3 heterocycles. The van der Waals surface area contributed by atoms with Crippen LogP contribution in [0.25, 0.3) is 10.1 Å². The van der Waals surface area contributed by atoms with Crippen molar-refractivity contribution in [2.45, 2.75) is 10.6 Å². The summed E-state index contributed by atoms with van der Waals surface area (Å²) in [5.41, 5.74) is 1.07. The second-order valence-electron chi connectivity index (χ2n) is 7.00. The molecule has 1 aromatic carbocycles. The summed E-state index contributed by atoms with van der Waals surface area (Å²) >= 11 is 1.21. The summed E-state index contributed by atoms with van der Waals surface area (Å²) in [6, 6.07) is 13.2. The number of piperazine rings is 1. The molecule has 0 bridgehead atoms. The molecular weight excluding hydrogens is 424 g/mol. The Morgan fingerprint density at radius 1 is 1.13 bits per heavy atom. The fourth-order valence-electron chi connectivity index (χ4n) is 3.46. The molecule has 0 spiro atoms. The van der Waals surface area contributed by atoms with E-state index in [2.05, 4.69) is 9.71 Å². The van der Waals surface area contributed by atoms with Crippen molar-refractivity contribution in [1.82, 2.24) is 14.6 Å². The van der Waals surface area contributed by atoms with Gasteiger partial charge in [-0.1, -0.05) is 30.3 Å². The predicted octanol–water partition coefficient (Wildman–Crippen LogP) is 2.62. The minimum Gasteiger partial charge on any atom is -0.465 e. The van der Waals surface area contributed by atoms with E-state index in [0.717, 1.165) is 15.6 Å². The number of carboxylic acid groups (broad SMARTS) is 1. The lowest BCUT2D eigenvalue weighted by molar-refractivity contribution is 0.142. The molecule has 0 saturated carbocycles. The number of amides is 1. The molecule has 158 valence electrons. The number of thiophene rings is 1. The lowest BCUT2D eigenvalue weighted by Gasteiger charge is -2.34. The Labute approximate surface area is 178 Å². The van der Waals surface area contributed by atoms with Gasteiger partial charge < -0.3 is 14.9 Å². The first-order chi connectivity index (χ1) is 14.4. The zero-order chi connectivity index (χ0) is 21.1. The Morgan fingerprint density at radius 2 is 1.87 bits per heavy atom. The molecule has 8 nitrogen and oxygen atoms in total. The Balaban J connectivity index is 1.50. The summed E-state index contributed by atoms with van der Waals surface area (Å²) in [6.07, 6.45) is 1.36. The molecule has 10 heteroatoms. The van der Waals surface area contributed by atoms with Gasteiger partial charge in [0.25, 0.3) is 0 Å². The van der Waals surface area contributed by atoms with Crippen LogP contribution >= 0.6 is 11.3 Å². The Morgan fingerprint density at radius 3 is 2.57 bits per heavy atom. The average molecular weight is 447 g/mol. The quantitative estimate of drug-likeness (QED) is 0.603. The van der Waals surface area contributed by atoms with Crippen LogP contribution in [0.1, 0.15) is 5.56 Å². The number of sulfonamides is 1. The molecule has 1 amide bonds. The van der Waals surface area contributed by atoms with E-state index in [1.165, 1.54) is 16.2 Å². The molecule has 1 aliphatic heterocycles. The van der Waals surface area contributed by atoms with Crippen LogP contribution in [0.15, 0.2) is 52.9 Å². The highest BCUT2D eigenvalue weighted by Gasteiger charge is 2.24. The van der Waals surface area contributed by atoms with Gasteiger partial charge in [-0.15, -0.1) is 11.3 Å². The third kappa shape index (κ3) is 4.40. The predicted molar refractivity (Wildman–Crippen MR) is 117 cm³/mol. The first kappa shape index (κ1) is 20.6. The van der Waals surface area contributed by atoms with Crippen molar-refractivity contribution in [2.75, 3.05) is 37.6 Å². The molecule has 3 aromatic rings. The number of pyridine rings is 1. The molecule has 4 rings (SSSR count). The van der Waals surface area contributed by atoms with E-state index in [9.17, 15) is 13.2 Å². The second kappa shape index (κ2) is 8.58. The summed E-state index contributed by atoms with van der Waals surface area (Å²) in [7, 11) is -3.62. The number of hydrogen-bond donors (Lipinski definition) is 2. The smallest absolute Gasteiger partial charge is 0.407 e. The van der Waals surface area contributed by atoms with Crippen molar-refractivity contribution in [2.24, 2.45) is 0 Å². The van der Waals surface area contributed by atoms with Gasteiger partial charge in [-0.25, -0.2) is 22.9 Å². The highest BCUT2D eigenvalue weighted by Crippen LogP contribution is 2.34. The van der Waals surface area contributed by atoms with Gasteiger partial charge in [0.05, 0.1) is 0 Å². The second-order valence-corrected chi connectivity index (χ2v) is 10.1. The molecule has 2 aromatic heterocycles. The maximum atomic E-state index is 12.8. The average Bonchev–Trinajstić information content (AvgIpc) is 3.20. The van der Waals surface area contributed by atoms with E-state index in [1.54, 1.807) is 18.3 Å². The van der Waals surface area contributed by atoms with Crippen LogP contribution in [-0.4, -0.2) is 62.2 Å². The molecule has 2 N–H and O–H groups in total. The van der Waals surface area contributed by atoms with Crippen molar-refractivity contribution in [1.29, 1.82) is 0 Å². The van der Waals surface area contributed by atoms with E-state index in [0.29, 0.717) is 45.0 Å². The number of carbonyl (C=O) groups is 1. The van der Waals surface area contributed by atoms with Crippen molar-refractivity contribution in [3.63, 3.8) is 0 Å². The summed E-state index contributed by atoms with van der Waals surface area (Å²) in [5, 5.41) is 9.90. The topological polar surface area (TPSA) is 103 Å². The zero-order valence-corrected chi connectivity index (χ0v) is 17.8. The van der Waals surface area contributed by atoms with Gasteiger partial charge in [0.1, 0.15) is 10.0 Å². The Hall–Kier alpha value is -2.69. The standard InChI is InChI=1S/C20H22N4O4S2/c25-20(26)24-12-10-23(11-13-24)19-16-14-18(29-17(16)7-8-21-19)30(27,28)22-9-6-15-4-2-1-3-5-15/h1-5,7-8,14,22H,6,9-13H2,(H,25,26). The summed E-state index contributed by atoms with van der Waals surface area (Å²) in [5.74, 6) is 0.694. The molecule has 1 saturated heterocycles. The third-order valence-electron chi connectivity index (χ3n) is 5.06. The Bertz CT molecular complexity index is 1140. The number of nitrogens with zero attached hydrogens (tertiary/aromatic N) is 3. The van der Waals surface area contributed by atoms with Crippen LogP contribution in [-0.2, 0) is 16.4 Å². The van der Waals surface area contributed by atoms with E-state index < -0.39 is 16.1 Å². The summed E-state index contributed by atoms with van der Waals surface area (Å²) in [6.45, 7) is 2.15. The number of fused-ring (bicyclic) bond motifs is 1. The van der Waals surface area contributed by atoms with Gasteiger partial charge in [0.15, 0.2) is 0 Å². The number of nitrogens with one attached hydrogen (secondary N) is 1. The van der Waals surface area contributed by atoms with Crippen molar-refractivity contribution in [3.8, 4) is 0 Å². The van der Waals surface area contributed by atoms with Gasteiger partial charge in [-0.05, 0) is 24.1 Å². The molecule has 1 fully saturated rings. The minimum absolute atomic E-state index is 0.254. The van der Waals surface area contributed by atoms with Crippen molar-refractivity contribution in [3.05, 3.63) is 54.2 Å². The molecule has 0 aliphatic carbocycles. The fourth-order valence-corrected chi connectivity index (χ4v) is 5.92. The Kier molecular flexibility index (Phi) is 5.89. The normalized spacial score (nSPS) is 14.9. The first-order valence-electron chi connectivity index (χ1n) is 9.59. The van der Waals surface area contributed by atoms with Crippen molar-refractivity contribution < 1.29 is 18.3 Å². The lowest BCUT2D eigenvalue weighted by atomic mass is 10.2. The van der Waals surface area contributed by atoms with Crippen LogP contribution in [0.4, 0.5) is 10.6 Å². The van der Waals surface area contributed by atoms with Crippen LogP contribution in [0.2, 0.25) is 0 Å². The van der Waals surface area contributed by atoms with E-state index in [4.69, 9.17) is 5.11 Å². The van der Waals surface area contributed by atoms with Gasteiger partial charge in [0.2, 0.25) is 10.0 Å². The first-order valence-corrected chi connectivity index (χ1v) is 11.9. The van der Waals surface area contributed by atoms with Crippen LogP contribution in [0, 0.1) is 0 Å². The van der Waals surface area contributed by atoms with Crippen molar-refractivity contribution >= 4 is 43.4 Å². The van der Waals surface area contributed by atoms with Gasteiger partial charge in [-0.3, -0.25) is 0 Å². The number of hydrogen-bond acceptors (Lipinski definition) is 6. The van der Waals surface area contributed by atoms with Gasteiger partial charge >= 0.3 is 6.09 Å². The number of aromatic nitrogens is 1. The zero-order valence-electron chi connectivity index (χ0n) is 16.2. The molecule has 0 unspecified atom stereocenters. The van der Waals surface area contributed by atoms with Gasteiger partial charge in [0, 0.05) is 49.0 Å². The minimum atomic E-state index is -3.62. The molecule has 0 atom stereocenters. The molecule has 1 aliphatic rings. The largest absolute Gasteiger partial charge is 0.465 e. The molecular formula is C20H22N4O4S2. The highest BCUT2D eigenvalue weighted by atomic mass is 32.2. The number of rotatable bonds is 6. The van der Waals surface area contributed by atoms with E-state index in [1.807, 2.05) is 35.2 Å². The summed E-state index contributed by atoms with van der Waals surface area (Å²) in [4.78, 5) is 18.9. The SMILES string of the molecule is O=C(O)N1CCN(c2nccc3sc(S(=O)(=O)NCCc4ccccc4)cc23)CC1. The molecule has 30 heavy (non-hydrogen) atoms. The third-order valence-corrected chi connectivity index (χ3v) is 8.10. The highest BCUT2D eigenvalue weighted by molar-refractivity contribution is 7.91. The lowest BCUT2D eigenvalue weighted by Crippen LogP contribution is -2.48. The van der Waals surface area contributed by atoms with Crippen LogP contribution in [0.3, 0.4) is 0 Å². The number of benzene rings is 1. The van der Waals surface area contributed by atoms with Crippen LogP contribution in [0.5, 0.6) is 0 Å². The molecule has 0 radical (unpaired) electrons. The maximum Gasteiger partial charge on any atom is 0.407 e. The summed E-state index contributed by atoms with van der Waals surface area (Å²) < 4.78 is 29.4. The van der Waals surface area contributed by atoms with E-state index in [-0.39, 0.29) is 4.21 Å². The van der Waals surface area contributed by atoms with Gasteiger partial charge in [-0.2, -0.15) is 0 Å².